The first-order chi connectivity index (χ1) is 11.0. The van der Waals surface area contributed by atoms with Crippen molar-refractivity contribution in [1.82, 2.24) is 20.0 Å². The summed E-state index contributed by atoms with van der Waals surface area (Å²) in [6, 6.07) is -0.0544. The van der Waals surface area contributed by atoms with Gasteiger partial charge in [0.1, 0.15) is 0 Å². The summed E-state index contributed by atoms with van der Waals surface area (Å²) in [4.78, 5) is 25.6. The zero-order chi connectivity index (χ0) is 16.8. The number of hydrogen-bond acceptors (Lipinski definition) is 4. The molecule has 0 radical (unpaired) electrons. The molecule has 2 rings (SSSR count). The molecule has 0 aliphatic carbocycles. The minimum Gasteiger partial charge on any atom is -0.356 e. The van der Waals surface area contributed by atoms with Gasteiger partial charge in [-0.05, 0) is 19.3 Å². The summed E-state index contributed by atoms with van der Waals surface area (Å²) in [6.45, 7) is 3.76. The number of nitrogens with two attached hydrogens (primary N) is 1. The number of halogens is 1. The Morgan fingerprint density at radius 3 is 2.87 bits per heavy atom. The van der Waals surface area contributed by atoms with E-state index in [4.69, 9.17) is 17.3 Å². The van der Waals surface area contributed by atoms with Crippen molar-refractivity contribution in [3.05, 3.63) is 17.4 Å². The molecule has 0 unspecified atom stereocenters. The molecule has 0 spiro atoms. The van der Waals surface area contributed by atoms with Gasteiger partial charge in [0.25, 0.3) is 0 Å². The van der Waals surface area contributed by atoms with Gasteiger partial charge in [-0.25, -0.2) is 0 Å². The number of carbonyl (C=O) groups excluding carboxylic acids is 2. The molecule has 1 saturated heterocycles. The lowest BCUT2D eigenvalue weighted by atomic mass is 10.0. The third kappa shape index (κ3) is 5.51. The highest BCUT2D eigenvalue weighted by Gasteiger charge is 2.27. The second-order valence-electron chi connectivity index (χ2n) is 6.02. The number of nitrogens with zero attached hydrogens (tertiary/aromatic N) is 3. The molecule has 1 aliphatic heterocycles. The fourth-order valence-electron chi connectivity index (χ4n) is 2.75. The van der Waals surface area contributed by atoms with Gasteiger partial charge < -0.3 is 16.0 Å². The van der Waals surface area contributed by atoms with Crippen LogP contribution in [-0.2, 0) is 16.1 Å². The number of rotatable bonds is 5. The summed E-state index contributed by atoms with van der Waals surface area (Å²) < 4.78 is 1.75. The molecule has 128 valence electrons. The summed E-state index contributed by atoms with van der Waals surface area (Å²) in [5.41, 5.74) is 5.97. The minimum absolute atomic E-state index is 0.0103. The maximum absolute atomic E-state index is 12.3. The molecule has 0 aromatic carbocycles. The molecule has 1 aromatic heterocycles. The average molecular weight is 342 g/mol. The Labute approximate surface area is 141 Å². The molecule has 2 atom stereocenters. The fraction of sp³-hybridized carbons (Fsp3) is 0.667. The molecule has 1 aliphatic rings. The molecule has 0 bridgehead atoms. The van der Waals surface area contributed by atoms with Crippen molar-refractivity contribution < 1.29 is 9.59 Å². The quantitative estimate of drug-likeness (QED) is 0.768. The minimum atomic E-state index is -0.188. The molecule has 8 heteroatoms. The summed E-state index contributed by atoms with van der Waals surface area (Å²) in [6.07, 6.45) is 5.58. The van der Waals surface area contributed by atoms with E-state index in [-0.39, 0.29) is 23.8 Å². The average Bonchev–Trinajstić information content (AvgIpc) is 2.80. The van der Waals surface area contributed by atoms with Crippen molar-refractivity contribution in [3.63, 3.8) is 0 Å². The largest absolute Gasteiger partial charge is 0.356 e. The third-order valence-corrected chi connectivity index (χ3v) is 4.26. The molecule has 0 saturated carbocycles. The maximum atomic E-state index is 12.3. The number of hydrogen-bond donors (Lipinski definition) is 2. The number of nitrogens with one attached hydrogen (secondary N) is 1. The second-order valence-corrected chi connectivity index (χ2v) is 6.46. The predicted octanol–water partition coefficient (Wildman–Crippen LogP) is 0.629. The smallest absolute Gasteiger partial charge is 0.224 e. The Morgan fingerprint density at radius 2 is 2.22 bits per heavy atom. The number of aromatic nitrogens is 2. The second kappa shape index (κ2) is 8.31. The van der Waals surface area contributed by atoms with Gasteiger partial charge in [0.2, 0.25) is 11.8 Å². The summed E-state index contributed by atoms with van der Waals surface area (Å²) in [5.74, 6) is -0.230. The van der Waals surface area contributed by atoms with Crippen LogP contribution >= 0.6 is 11.6 Å². The van der Waals surface area contributed by atoms with Gasteiger partial charge in [0, 0.05) is 45.3 Å². The van der Waals surface area contributed by atoms with Crippen LogP contribution in [0.5, 0.6) is 0 Å². The van der Waals surface area contributed by atoms with Crippen molar-refractivity contribution in [2.24, 2.45) is 11.7 Å². The monoisotopic (exact) mass is 341 g/mol. The molecule has 1 fully saturated rings. The summed E-state index contributed by atoms with van der Waals surface area (Å²) >= 11 is 5.80. The fourth-order valence-corrected chi connectivity index (χ4v) is 2.91. The number of aryl methyl sites for hydroxylation is 1. The Balaban J connectivity index is 1.76. The number of carbonyl (C=O) groups is 2. The van der Waals surface area contributed by atoms with Crippen LogP contribution in [0.3, 0.4) is 0 Å². The van der Waals surface area contributed by atoms with Crippen LogP contribution in [0.1, 0.15) is 26.2 Å². The summed E-state index contributed by atoms with van der Waals surface area (Å²) in [7, 11) is 0. The van der Waals surface area contributed by atoms with Gasteiger partial charge in [-0.1, -0.05) is 11.6 Å². The predicted molar refractivity (Wildman–Crippen MR) is 87.8 cm³/mol. The summed E-state index contributed by atoms with van der Waals surface area (Å²) in [5, 5.41) is 7.63. The first-order valence-corrected chi connectivity index (χ1v) is 8.30. The van der Waals surface area contributed by atoms with Crippen LogP contribution in [0, 0.1) is 5.92 Å². The van der Waals surface area contributed by atoms with E-state index in [2.05, 4.69) is 10.4 Å². The molecule has 1 aromatic rings. The van der Waals surface area contributed by atoms with Crippen LogP contribution in [0.15, 0.2) is 12.4 Å². The van der Waals surface area contributed by atoms with Gasteiger partial charge in [-0.2, -0.15) is 5.10 Å². The Hall–Kier alpha value is -1.60. The van der Waals surface area contributed by atoms with E-state index in [1.54, 1.807) is 22.0 Å². The molecular weight excluding hydrogens is 318 g/mol. The lowest BCUT2D eigenvalue weighted by molar-refractivity contribution is -0.131. The van der Waals surface area contributed by atoms with Crippen LogP contribution in [0.4, 0.5) is 0 Å². The van der Waals surface area contributed by atoms with Crippen LogP contribution in [-0.4, -0.2) is 52.2 Å². The van der Waals surface area contributed by atoms with Gasteiger partial charge in [-0.3, -0.25) is 14.3 Å². The van der Waals surface area contributed by atoms with Crippen molar-refractivity contribution >= 4 is 23.4 Å². The van der Waals surface area contributed by atoms with Crippen molar-refractivity contribution in [2.75, 3.05) is 19.6 Å². The third-order valence-electron chi connectivity index (χ3n) is 4.06. The normalized spacial score (nSPS) is 21.8. The van der Waals surface area contributed by atoms with Gasteiger partial charge in [0.15, 0.2) is 0 Å². The Bertz CT molecular complexity index is 548. The van der Waals surface area contributed by atoms with E-state index >= 15 is 0 Å². The molecule has 3 N–H and O–H groups in total. The highest BCUT2D eigenvalue weighted by atomic mass is 35.5. The first kappa shape index (κ1) is 17.7. The van der Waals surface area contributed by atoms with Crippen molar-refractivity contribution in [3.8, 4) is 0 Å². The zero-order valence-electron chi connectivity index (χ0n) is 13.4. The van der Waals surface area contributed by atoms with Crippen molar-refractivity contribution in [2.45, 2.75) is 38.8 Å². The standard InChI is InChI=1S/C15H24ClN5O2/c1-11(22)20-8-12(3-4-14(17)10-20)15(23)18-5-2-6-21-9-13(16)7-19-21/h7,9,12,14H,2-6,8,10,17H2,1H3,(H,18,23)/t12-,14+/m1/s1. The van der Waals surface area contributed by atoms with E-state index in [0.717, 1.165) is 12.8 Å². The number of likely N-dealkylation sites (tertiary alicyclic amines) is 1. The zero-order valence-corrected chi connectivity index (χ0v) is 14.1. The Kier molecular flexibility index (Phi) is 6.41. The van der Waals surface area contributed by atoms with Gasteiger partial charge in [-0.15, -0.1) is 0 Å². The number of amides is 2. The van der Waals surface area contributed by atoms with Crippen LogP contribution < -0.4 is 11.1 Å². The lowest BCUT2D eigenvalue weighted by Crippen LogP contribution is -2.42. The molecule has 2 amide bonds. The van der Waals surface area contributed by atoms with Gasteiger partial charge >= 0.3 is 0 Å². The molecule has 7 nitrogen and oxygen atoms in total. The topological polar surface area (TPSA) is 93.2 Å². The van der Waals surface area contributed by atoms with E-state index in [1.165, 1.54) is 6.92 Å². The molecule has 2 heterocycles. The highest BCUT2D eigenvalue weighted by Crippen LogP contribution is 2.16. The lowest BCUT2D eigenvalue weighted by Gasteiger charge is -2.23. The van der Waals surface area contributed by atoms with E-state index < -0.39 is 0 Å². The van der Waals surface area contributed by atoms with Gasteiger partial charge in [0.05, 0.1) is 17.1 Å². The highest BCUT2D eigenvalue weighted by molar-refractivity contribution is 6.30. The SMILES string of the molecule is CC(=O)N1C[C@@H](N)CC[C@@H](C(=O)NCCCn2cc(Cl)cn2)C1. The Morgan fingerprint density at radius 1 is 1.43 bits per heavy atom. The van der Waals surface area contributed by atoms with E-state index in [1.807, 2.05) is 0 Å². The maximum Gasteiger partial charge on any atom is 0.224 e. The molecule has 23 heavy (non-hydrogen) atoms. The van der Waals surface area contributed by atoms with E-state index in [9.17, 15) is 9.59 Å². The molecular formula is C15H24ClN5O2. The van der Waals surface area contributed by atoms with Crippen molar-refractivity contribution in [1.29, 1.82) is 0 Å². The van der Waals surface area contributed by atoms with Crippen LogP contribution in [0.2, 0.25) is 5.02 Å². The van der Waals surface area contributed by atoms with E-state index in [0.29, 0.717) is 37.6 Å². The first-order valence-electron chi connectivity index (χ1n) is 7.92. The van der Waals surface area contributed by atoms with Crippen LogP contribution in [0.25, 0.3) is 0 Å².